The smallest absolute Gasteiger partial charge is 0.270 e. The Balaban J connectivity index is 2.24. The van der Waals surface area contributed by atoms with Crippen LogP contribution in [0.25, 0.3) is 6.08 Å². The predicted molar refractivity (Wildman–Crippen MR) is 122 cm³/mol. The van der Waals surface area contributed by atoms with Crippen molar-refractivity contribution in [3.63, 3.8) is 0 Å². The maximum Gasteiger partial charge on any atom is 0.270 e. The zero-order valence-electron chi connectivity index (χ0n) is 16.7. The van der Waals surface area contributed by atoms with Crippen molar-refractivity contribution in [2.45, 2.75) is 39.7 Å². The van der Waals surface area contributed by atoms with Crippen LogP contribution in [0.4, 0.5) is 5.82 Å². The number of aromatic nitrogens is 1. The third-order valence-electron chi connectivity index (χ3n) is 5.16. The molecule has 0 atom stereocenters. The summed E-state index contributed by atoms with van der Waals surface area (Å²) in [6, 6.07) is 2.07. The highest BCUT2D eigenvalue weighted by molar-refractivity contribution is 8.26. The highest BCUT2D eigenvalue weighted by atomic mass is 32.2. The molecule has 0 radical (unpaired) electrons. The Labute approximate surface area is 180 Å². The van der Waals surface area contributed by atoms with Gasteiger partial charge in [-0.05, 0) is 37.8 Å². The van der Waals surface area contributed by atoms with Gasteiger partial charge >= 0.3 is 0 Å². The molecule has 1 aromatic heterocycles. The SMILES string of the molecule is C=CCN1C(=O)/C(=C/c2c(C)c(C#N)c(=O)n(CCC)c2N2CCCC2)SC1=S. The number of nitriles is 1. The first-order chi connectivity index (χ1) is 13.9. The van der Waals surface area contributed by atoms with Crippen LogP contribution in [0.1, 0.15) is 42.9 Å². The number of thioether (sulfide) groups is 1. The topological polar surface area (TPSA) is 69.3 Å². The summed E-state index contributed by atoms with van der Waals surface area (Å²) in [6.45, 7) is 10.1. The van der Waals surface area contributed by atoms with Gasteiger partial charge in [-0.25, -0.2) is 0 Å². The summed E-state index contributed by atoms with van der Waals surface area (Å²) in [7, 11) is 0. The van der Waals surface area contributed by atoms with Gasteiger partial charge in [0.1, 0.15) is 21.8 Å². The Bertz CT molecular complexity index is 997. The summed E-state index contributed by atoms with van der Waals surface area (Å²) in [5, 5.41) is 9.63. The van der Waals surface area contributed by atoms with Gasteiger partial charge < -0.3 is 4.90 Å². The van der Waals surface area contributed by atoms with E-state index in [2.05, 4.69) is 17.5 Å². The molecular formula is C21H24N4O2S2. The van der Waals surface area contributed by atoms with Crippen LogP contribution in [0.3, 0.4) is 0 Å². The molecule has 0 aliphatic carbocycles. The van der Waals surface area contributed by atoms with Gasteiger partial charge in [0.05, 0.1) is 4.91 Å². The van der Waals surface area contributed by atoms with Gasteiger partial charge in [-0.15, -0.1) is 6.58 Å². The number of amides is 1. The lowest BCUT2D eigenvalue weighted by atomic mass is 10.0. The number of carbonyl (C=O) groups excluding carboxylic acids is 1. The van der Waals surface area contributed by atoms with Crippen molar-refractivity contribution >= 4 is 46.1 Å². The average molecular weight is 429 g/mol. The second-order valence-electron chi connectivity index (χ2n) is 7.08. The number of carbonyl (C=O) groups is 1. The van der Waals surface area contributed by atoms with E-state index in [0.29, 0.717) is 27.9 Å². The van der Waals surface area contributed by atoms with E-state index in [1.165, 1.54) is 16.7 Å². The molecule has 0 N–H and O–H groups in total. The molecule has 6 nitrogen and oxygen atoms in total. The van der Waals surface area contributed by atoms with Crippen LogP contribution in [0, 0.1) is 18.3 Å². The molecule has 2 saturated heterocycles. The molecule has 2 aliphatic heterocycles. The molecule has 0 aromatic carbocycles. The molecule has 1 aromatic rings. The summed E-state index contributed by atoms with van der Waals surface area (Å²) < 4.78 is 2.19. The minimum atomic E-state index is -0.259. The van der Waals surface area contributed by atoms with Crippen molar-refractivity contribution in [2.75, 3.05) is 24.5 Å². The largest absolute Gasteiger partial charge is 0.357 e. The van der Waals surface area contributed by atoms with Crippen LogP contribution >= 0.6 is 24.0 Å². The Morgan fingerprint density at radius 1 is 1.31 bits per heavy atom. The Morgan fingerprint density at radius 2 is 2.00 bits per heavy atom. The molecule has 29 heavy (non-hydrogen) atoms. The number of nitrogens with zero attached hydrogens (tertiary/aromatic N) is 4. The number of hydrogen-bond donors (Lipinski definition) is 0. The van der Waals surface area contributed by atoms with E-state index in [0.717, 1.165) is 43.7 Å². The monoisotopic (exact) mass is 428 g/mol. The molecule has 0 spiro atoms. The Morgan fingerprint density at radius 3 is 2.59 bits per heavy atom. The fourth-order valence-electron chi connectivity index (χ4n) is 3.76. The van der Waals surface area contributed by atoms with Gasteiger partial charge in [-0.1, -0.05) is 37.0 Å². The van der Waals surface area contributed by atoms with Crippen molar-refractivity contribution in [3.8, 4) is 6.07 Å². The van der Waals surface area contributed by atoms with E-state index in [1.54, 1.807) is 23.6 Å². The number of rotatable bonds is 6. The van der Waals surface area contributed by atoms with E-state index >= 15 is 0 Å². The maximum atomic E-state index is 13.0. The normalized spacial score (nSPS) is 18.0. The van der Waals surface area contributed by atoms with Gasteiger partial charge in [-0.2, -0.15) is 5.26 Å². The van der Waals surface area contributed by atoms with Crippen molar-refractivity contribution in [1.82, 2.24) is 9.47 Å². The summed E-state index contributed by atoms with van der Waals surface area (Å²) in [5.41, 5.74) is 1.25. The predicted octanol–water partition coefficient (Wildman–Crippen LogP) is 3.43. The van der Waals surface area contributed by atoms with Gasteiger partial charge in [-0.3, -0.25) is 19.1 Å². The first kappa shape index (κ1) is 21.3. The summed E-state index contributed by atoms with van der Waals surface area (Å²) in [6.07, 6.45) is 6.33. The highest BCUT2D eigenvalue weighted by Crippen LogP contribution is 2.36. The van der Waals surface area contributed by atoms with Gasteiger partial charge in [0.25, 0.3) is 11.5 Å². The summed E-state index contributed by atoms with van der Waals surface area (Å²) in [5.74, 6) is 0.637. The molecule has 1 amide bonds. The summed E-state index contributed by atoms with van der Waals surface area (Å²) >= 11 is 6.59. The molecule has 0 bridgehead atoms. The molecular weight excluding hydrogens is 404 g/mol. The lowest BCUT2D eigenvalue weighted by Crippen LogP contribution is -2.33. The van der Waals surface area contributed by atoms with Crippen molar-refractivity contribution in [1.29, 1.82) is 5.26 Å². The molecule has 152 valence electrons. The molecule has 3 rings (SSSR count). The second-order valence-corrected chi connectivity index (χ2v) is 8.76. The quantitative estimate of drug-likeness (QED) is 0.393. The van der Waals surface area contributed by atoms with Crippen molar-refractivity contribution in [3.05, 3.63) is 44.6 Å². The zero-order chi connectivity index (χ0) is 21.1. The van der Waals surface area contributed by atoms with Crippen molar-refractivity contribution < 1.29 is 4.79 Å². The molecule has 0 saturated carbocycles. The first-order valence-electron chi connectivity index (χ1n) is 9.73. The third kappa shape index (κ3) is 3.89. The van der Waals surface area contributed by atoms with Crippen molar-refractivity contribution in [2.24, 2.45) is 0 Å². The van der Waals surface area contributed by atoms with Gasteiger partial charge in [0, 0.05) is 31.7 Å². The van der Waals surface area contributed by atoms with Crippen LogP contribution in [-0.2, 0) is 11.3 Å². The highest BCUT2D eigenvalue weighted by Gasteiger charge is 2.32. The molecule has 3 heterocycles. The van der Waals surface area contributed by atoms with Gasteiger partial charge in [0.15, 0.2) is 0 Å². The minimum absolute atomic E-state index is 0.134. The van der Waals surface area contributed by atoms with Crippen LogP contribution in [-0.4, -0.2) is 39.3 Å². The van der Waals surface area contributed by atoms with E-state index in [9.17, 15) is 14.9 Å². The van der Waals surface area contributed by atoms with Crippen LogP contribution in [0.15, 0.2) is 22.4 Å². The van der Waals surface area contributed by atoms with E-state index < -0.39 is 0 Å². The average Bonchev–Trinajstić information content (AvgIpc) is 3.31. The Kier molecular flexibility index (Phi) is 6.60. The first-order valence-corrected chi connectivity index (χ1v) is 11.0. The van der Waals surface area contributed by atoms with Gasteiger partial charge in [0.2, 0.25) is 0 Å². The van der Waals surface area contributed by atoms with Crippen LogP contribution in [0.5, 0.6) is 0 Å². The number of thiocarbonyl (C=S) groups is 1. The zero-order valence-corrected chi connectivity index (χ0v) is 18.4. The maximum absolute atomic E-state index is 13.0. The Hall–Kier alpha value is -2.37. The molecule has 2 fully saturated rings. The van der Waals surface area contributed by atoms with Crippen LogP contribution < -0.4 is 10.5 Å². The minimum Gasteiger partial charge on any atom is -0.357 e. The van der Waals surface area contributed by atoms with E-state index in [4.69, 9.17) is 12.2 Å². The van der Waals surface area contributed by atoms with E-state index in [1.807, 2.05) is 6.92 Å². The van der Waals surface area contributed by atoms with E-state index in [-0.39, 0.29) is 17.0 Å². The molecule has 8 heteroatoms. The second kappa shape index (κ2) is 8.97. The van der Waals surface area contributed by atoms with Crippen LogP contribution in [0.2, 0.25) is 0 Å². The standard InChI is InChI=1S/C21H24N4O2S2/c1-4-8-24-18(23-10-6-7-11-23)15(14(3)16(13-22)19(24)26)12-17-20(27)25(9-5-2)21(28)29-17/h5,12H,2,4,6-11H2,1,3H3/b17-12-. The number of hydrogen-bond acceptors (Lipinski definition) is 6. The molecule has 2 aliphatic rings. The lowest BCUT2D eigenvalue weighted by molar-refractivity contribution is -0.121. The molecule has 0 unspecified atom stereocenters. The fourth-order valence-corrected chi connectivity index (χ4v) is 5.02. The number of pyridine rings is 1. The summed E-state index contributed by atoms with van der Waals surface area (Å²) in [4.78, 5) is 30.1. The lowest BCUT2D eigenvalue weighted by Gasteiger charge is -2.26. The number of anilines is 1. The third-order valence-corrected chi connectivity index (χ3v) is 6.54. The fraction of sp³-hybridized carbons (Fsp3) is 0.429.